The molecule has 5 heteroatoms. The first-order valence-corrected chi connectivity index (χ1v) is 9.21. The van der Waals surface area contributed by atoms with Crippen molar-refractivity contribution >= 4 is 11.7 Å². The Kier molecular flexibility index (Phi) is 5.53. The SMILES string of the molecule is CCCN(CC(=O)Nc1cc(C)nn1-c1ccc(C)cc1)CC1CC1. The highest BCUT2D eigenvalue weighted by molar-refractivity contribution is 5.91. The average molecular weight is 340 g/mol. The van der Waals surface area contributed by atoms with Crippen molar-refractivity contribution in [2.24, 2.45) is 5.92 Å². The maximum absolute atomic E-state index is 12.6. The normalized spacial score (nSPS) is 14.1. The van der Waals surface area contributed by atoms with E-state index in [0.29, 0.717) is 6.54 Å². The molecule has 2 aromatic rings. The van der Waals surface area contributed by atoms with E-state index in [0.717, 1.165) is 42.6 Å². The molecule has 0 atom stereocenters. The summed E-state index contributed by atoms with van der Waals surface area (Å²) < 4.78 is 1.80. The minimum absolute atomic E-state index is 0.0300. The molecule has 0 radical (unpaired) electrons. The molecule has 0 aliphatic heterocycles. The third-order valence-electron chi connectivity index (χ3n) is 4.50. The summed E-state index contributed by atoms with van der Waals surface area (Å²) in [6.45, 7) is 8.62. The third-order valence-corrected chi connectivity index (χ3v) is 4.50. The standard InChI is InChI=1S/C20H28N4O/c1-4-11-23(13-17-7-8-17)14-20(25)21-19-12-16(3)22-24(19)18-9-5-15(2)6-10-18/h5-6,9-10,12,17H,4,7-8,11,13-14H2,1-3H3,(H,21,25). The zero-order valence-corrected chi connectivity index (χ0v) is 15.5. The average Bonchev–Trinajstić information content (AvgIpc) is 3.30. The highest BCUT2D eigenvalue weighted by atomic mass is 16.2. The first kappa shape index (κ1) is 17.7. The van der Waals surface area contributed by atoms with Crippen LogP contribution in [0.2, 0.25) is 0 Å². The van der Waals surface area contributed by atoms with E-state index in [1.165, 1.54) is 18.4 Å². The third kappa shape index (κ3) is 4.92. The van der Waals surface area contributed by atoms with Crippen LogP contribution in [0.4, 0.5) is 5.82 Å². The number of rotatable bonds is 8. The van der Waals surface area contributed by atoms with Crippen molar-refractivity contribution in [3.05, 3.63) is 41.6 Å². The van der Waals surface area contributed by atoms with Gasteiger partial charge >= 0.3 is 0 Å². The number of nitrogens with one attached hydrogen (secondary N) is 1. The van der Waals surface area contributed by atoms with Crippen molar-refractivity contribution in [2.45, 2.75) is 40.0 Å². The fourth-order valence-corrected chi connectivity index (χ4v) is 3.07. The summed E-state index contributed by atoms with van der Waals surface area (Å²) in [7, 11) is 0. The Morgan fingerprint density at radius 2 is 2.00 bits per heavy atom. The van der Waals surface area contributed by atoms with Crippen LogP contribution in [0.25, 0.3) is 5.69 Å². The van der Waals surface area contributed by atoms with Gasteiger partial charge in [-0.2, -0.15) is 5.10 Å². The van der Waals surface area contributed by atoms with Gasteiger partial charge in [-0.3, -0.25) is 9.69 Å². The van der Waals surface area contributed by atoms with Crippen molar-refractivity contribution < 1.29 is 4.79 Å². The predicted molar refractivity (Wildman–Crippen MR) is 101 cm³/mol. The topological polar surface area (TPSA) is 50.2 Å². The number of hydrogen-bond donors (Lipinski definition) is 1. The minimum atomic E-state index is 0.0300. The lowest BCUT2D eigenvalue weighted by molar-refractivity contribution is -0.117. The molecule has 0 spiro atoms. The van der Waals surface area contributed by atoms with Crippen LogP contribution < -0.4 is 5.32 Å². The van der Waals surface area contributed by atoms with E-state index >= 15 is 0 Å². The monoisotopic (exact) mass is 340 g/mol. The van der Waals surface area contributed by atoms with Gasteiger partial charge in [0.25, 0.3) is 0 Å². The van der Waals surface area contributed by atoms with Crippen LogP contribution in [0.3, 0.4) is 0 Å². The summed E-state index contributed by atoms with van der Waals surface area (Å²) in [5.41, 5.74) is 3.05. The smallest absolute Gasteiger partial charge is 0.239 e. The number of anilines is 1. The van der Waals surface area contributed by atoms with Crippen molar-refractivity contribution in [3.8, 4) is 5.69 Å². The molecular formula is C20H28N4O. The highest BCUT2D eigenvalue weighted by Gasteiger charge is 2.25. The molecule has 1 aliphatic rings. The lowest BCUT2D eigenvalue weighted by atomic mass is 10.2. The van der Waals surface area contributed by atoms with Gasteiger partial charge in [-0.05, 0) is 57.7 Å². The van der Waals surface area contributed by atoms with Crippen LogP contribution >= 0.6 is 0 Å². The largest absolute Gasteiger partial charge is 0.309 e. The number of benzene rings is 1. The maximum Gasteiger partial charge on any atom is 0.239 e. The Morgan fingerprint density at radius 3 is 2.64 bits per heavy atom. The van der Waals surface area contributed by atoms with Crippen LogP contribution in [0.1, 0.15) is 37.4 Å². The van der Waals surface area contributed by atoms with Crippen molar-refractivity contribution in [2.75, 3.05) is 25.0 Å². The van der Waals surface area contributed by atoms with Crippen LogP contribution in [0.5, 0.6) is 0 Å². The lowest BCUT2D eigenvalue weighted by Gasteiger charge is -2.21. The van der Waals surface area contributed by atoms with E-state index in [9.17, 15) is 4.79 Å². The second-order valence-corrected chi connectivity index (χ2v) is 7.14. The molecule has 0 saturated heterocycles. The number of hydrogen-bond acceptors (Lipinski definition) is 3. The van der Waals surface area contributed by atoms with Crippen molar-refractivity contribution in [3.63, 3.8) is 0 Å². The molecule has 1 amide bonds. The minimum Gasteiger partial charge on any atom is -0.309 e. The summed E-state index contributed by atoms with van der Waals surface area (Å²) in [5.74, 6) is 1.55. The quantitative estimate of drug-likeness (QED) is 0.799. The summed E-state index contributed by atoms with van der Waals surface area (Å²) in [5, 5.41) is 7.57. The number of carbonyl (C=O) groups is 1. The summed E-state index contributed by atoms with van der Waals surface area (Å²) in [4.78, 5) is 14.8. The van der Waals surface area contributed by atoms with Crippen LogP contribution in [0.15, 0.2) is 30.3 Å². The Balaban J connectivity index is 1.69. The van der Waals surface area contributed by atoms with Crippen LogP contribution in [-0.2, 0) is 4.79 Å². The van der Waals surface area contributed by atoms with E-state index in [1.807, 2.05) is 25.1 Å². The predicted octanol–water partition coefficient (Wildman–Crippen LogP) is 3.55. The Labute approximate surface area is 150 Å². The fourth-order valence-electron chi connectivity index (χ4n) is 3.07. The van der Waals surface area contributed by atoms with Gasteiger partial charge in [-0.25, -0.2) is 4.68 Å². The van der Waals surface area contributed by atoms with Gasteiger partial charge in [0.05, 0.1) is 17.9 Å². The van der Waals surface area contributed by atoms with Crippen molar-refractivity contribution in [1.29, 1.82) is 0 Å². The zero-order valence-electron chi connectivity index (χ0n) is 15.5. The molecule has 3 rings (SSSR count). The molecule has 1 aromatic carbocycles. The molecule has 0 bridgehead atoms. The summed E-state index contributed by atoms with van der Waals surface area (Å²) in [6, 6.07) is 10.1. The fraction of sp³-hybridized carbons (Fsp3) is 0.500. The van der Waals surface area contributed by atoms with Gasteiger partial charge in [0.2, 0.25) is 5.91 Å². The van der Waals surface area contributed by atoms with Crippen molar-refractivity contribution in [1.82, 2.24) is 14.7 Å². The molecule has 1 N–H and O–H groups in total. The van der Waals surface area contributed by atoms with Gasteiger partial charge < -0.3 is 5.32 Å². The molecule has 134 valence electrons. The van der Waals surface area contributed by atoms with E-state index in [-0.39, 0.29) is 5.91 Å². The van der Waals surface area contributed by atoms with E-state index < -0.39 is 0 Å². The molecule has 1 fully saturated rings. The Hall–Kier alpha value is -2.14. The lowest BCUT2D eigenvalue weighted by Crippen LogP contribution is -2.35. The molecule has 1 heterocycles. The van der Waals surface area contributed by atoms with E-state index in [2.05, 4.69) is 41.3 Å². The maximum atomic E-state index is 12.6. The summed E-state index contributed by atoms with van der Waals surface area (Å²) >= 11 is 0. The number of aromatic nitrogens is 2. The van der Waals surface area contributed by atoms with Gasteiger partial charge in [0.1, 0.15) is 5.82 Å². The van der Waals surface area contributed by atoms with Crippen LogP contribution in [-0.4, -0.2) is 40.2 Å². The molecular weight excluding hydrogens is 312 g/mol. The number of amides is 1. The molecule has 0 unspecified atom stereocenters. The number of aryl methyl sites for hydroxylation is 2. The number of nitrogens with zero attached hydrogens (tertiary/aromatic N) is 3. The Morgan fingerprint density at radius 1 is 1.28 bits per heavy atom. The molecule has 25 heavy (non-hydrogen) atoms. The molecule has 1 aliphatic carbocycles. The van der Waals surface area contributed by atoms with E-state index in [1.54, 1.807) is 4.68 Å². The van der Waals surface area contributed by atoms with Gasteiger partial charge in [0, 0.05) is 12.6 Å². The highest BCUT2D eigenvalue weighted by Crippen LogP contribution is 2.29. The molecule has 1 saturated carbocycles. The van der Waals surface area contributed by atoms with Gasteiger partial charge in [-0.15, -0.1) is 0 Å². The van der Waals surface area contributed by atoms with E-state index in [4.69, 9.17) is 0 Å². The zero-order chi connectivity index (χ0) is 17.8. The number of carbonyl (C=O) groups excluding carboxylic acids is 1. The second-order valence-electron chi connectivity index (χ2n) is 7.14. The Bertz CT molecular complexity index is 716. The van der Waals surface area contributed by atoms with Gasteiger partial charge in [0.15, 0.2) is 0 Å². The molecule has 5 nitrogen and oxygen atoms in total. The second kappa shape index (κ2) is 7.83. The summed E-state index contributed by atoms with van der Waals surface area (Å²) in [6.07, 6.45) is 3.68. The molecule has 1 aromatic heterocycles. The first-order chi connectivity index (χ1) is 12.0. The first-order valence-electron chi connectivity index (χ1n) is 9.21. The van der Waals surface area contributed by atoms with Crippen LogP contribution in [0, 0.1) is 19.8 Å². The van der Waals surface area contributed by atoms with Gasteiger partial charge in [-0.1, -0.05) is 24.6 Å².